The molecule has 0 radical (unpaired) electrons. The number of benzene rings is 1. The number of aromatic carboxylic acids is 1. The van der Waals surface area contributed by atoms with E-state index >= 15 is 0 Å². The minimum Gasteiger partial charge on any atom is -0.478 e. The lowest BCUT2D eigenvalue weighted by Crippen LogP contribution is -2.25. The molecule has 1 aromatic rings. The Hall–Kier alpha value is -1.75. The number of nitrogens with one attached hydrogen (secondary N) is 1. The first-order valence-corrected chi connectivity index (χ1v) is 6.26. The van der Waals surface area contributed by atoms with Crippen LogP contribution in [0.25, 0.3) is 0 Å². The van der Waals surface area contributed by atoms with E-state index in [0.717, 1.165) is 18.8 Å². The molecule has 1 saturated heterocycles. The molecule has 5 heteroatoms. The van der Waals surface area contributed by atoms with E-state index in [2.05, 4.69) is 10.2 Å². The summed E-state index contributed by atoms with van der Waals surface area (Å²) in [6.07, 6.45) is 2.58. The summed E-state index contributed by atoms with van der Waals surface area (Å²) < 4.78 is 0. The van der Waals surface area contributed by atoms with E-state index in [0.29, 0.717) is 5.69 Å². The molecule has 0 unspecified atom stereocenters. The molecule has 5 nitrogen and oxygen atoms in total. The Kier molecular flexibility index (Phi) is 4.04. The maximum absolute atomic E-state index is 10.8. The van der Waals surface area contributed by atoms with Gasteiger partial charge in [-0.1, -0.05) is 0 Å². The van der Waals surface area contributed by atoms with Gasteiger partial charge in [-0.25, -0.2) is 4.79 Å². The fourth-order valence-corrected chi connectivity index (χ4v) is 2.23. The molecule has 1 heterocycles. The number of anilines is 2. The van der Waals surface area contributed by atoms with E-state index in [4.69, 9.17) is 10.8 Å². The van der Waals surface area contributed by atoms with Gasteiger partial charge in [0.1, 0.15) is 0 Å². The van der Waals surface area contributed by atoms with Gasteiger partial charge >= 0.3 is 5.97 Å². The summed E-state index contributed by atoms with van der Waals surface area (Å²) in [6.45, 7) is 4.23. The quantitative estimate of drug-likeness (QED) is 0.689. The standard InChI is InChI=1S/C13H19N3O2/c14-12-9-10(3-4-11(12)13(17)18)15-5-8-16-6-1-2-7-16/h3-4,9,15H,1-2,5-8,14H2,(H,17,18). The highest BCUT2D eigenvalue weighted by molar-refractivity contribution is 5.94. The summed E-state index contributed by atoms with van der Waals surface area (Å²) in [5.41, 5.74) is 7.01. The van der Waals surface area contributed by atoms with Gasteiger partial charge in [0.15, 0.2) is 0 Å². The Bertz CT molecular complexity index is 428. The molecule has 1 aliphatic heterocycles. The van der Waals surface area contributed by atoms with Gasteiger partial charge in [0.25, 0.3) is 0 Å². The maximum Gasteiger partial charge on any atom is 0.337 e. The molecule has 0 spiro atoms. The van der Waals surface area contributed by atoms with Gasteiger partial charge in [-0.3, -0.25) is 0 Å². The summed E-state index contributed by atoms with van der Waals surface area (Å²) in [7, 11) is 0. The van der Waals surface area contributed by atoms with Gasteiger partial charge in [0.2, 0.25) is 0 Å². The van der Waals surface area contributed by atoms with Crippen LogP contribution in [0.3, 0.4) is 0 Å². The topological polar surface area (TPSA) is 78.6 Å². The molecule has 18 heavy (non-hydrogen) atoms. The molecule has 0 saturated carbocycles. The number of carboxylic acid groups (broad SMARTS) is 1. The van der Waals surface area contributed by atoms with Crippen molar-refractivity contribution in [1.82, 2.24) is 4.90 Å². The SMILES string of the molecule is Nc1cc(NCCN2CCCC2)ccc1C(=O)O. The lowest BCUT2D eigenvalue weighted by molar-refractivity contribution is 0.0698. The van der Waals surface area contributed by atoms with Crippen molar-refractivity contribution < 1.29 is 9.90 Å². The first-order valence-electron chi connectivity index (χ1n) is 6.26. The van der Waals surface area contributed by atoms with Crippen LogP contribution in [-0.4, -0.2) is 42.2 Å². The number of nitrogen functional groups attached to an aromatic ring is 1. The number of likely N-dealkylation sites (tertiary alicyclic amines) is 1. The number of carbonyl (C=O) groups is 1. The average Bonchev–Trinajstić information content (AvgIpc) is 2.81. The predicted octanol–water partition coefficient (Wildman–Crippen LogP) is 1.47. The number of nitrogens with two attached hydrogens (primary N) is 1. The third-order valence-corrected chi connectivity index (χ3v) is 3.24. The largest absolute Gasteiger partial charge is 0.478 e. The van der Waals surface area contributed by atoms with Crippen LogP contribution in [0.4, 0.5) is 11.4 Å². The summed E-state index contributed by atoms with van der Waals surface area (Å²) >= 11 is 0. The predicted molar refractivity (Wildman–Crippen MR) is 72.0 cm³/mol. The highest BCUT2D eigenvalue weighted by Crippen LogP contribution is 2.18. The van der Waals surface area contributed by atoms with E-state index in [9.17, 15) is 4.79 Å². The van der Waals surface area contributed by atoms with Crippen LogP contribution in [0.2, 0.25) is 0 Å². The van der Waals surface area contributed by atoms with E-state index in [1.807, 2.05) is 0 Å². The molecule has 1 fully saturated rings. The van der Waals surface area contributed by atoms with Crippen molar-refractivity contribution in [1.29, 1.82) is 0 Å². The molecule has 1 aromatic carbocycles. The minimum absolute atomic E-state index is 0.153. The van der Waals surface area contributed by atoms with E-state index in [-0.39, 0.29) is 5.56 Å². The molecule has 0 atom stereocenters. The second-order valence-corrected chi connectivity index (χ2v) is 4.58. The van der Waals surface area contributed by atoms with E-state index < -0.39 is 5.97 Å². The molecule has 98 valence electrons. The van der Waals surface area contributed by atoms with Crippen molar-refractivity contribution in [3.05, 3.63) is 23.8 Å². The van der Waals surface area contributed by atoms with Crippen LogP contribution in [-0.2, 0) is 0 Å². The normalized spacial score (nSPS) is 15.8. The second-order valence-electron chi connectivity index (χ2n) is 4.58. The number of hydrogen-bond donors (Lipinski definition) is 3. The first-order chi connectivity index (χ1) is 8.66. The summed E-state index contributed by atoms with van der Waals surface area (Å²) in [5.74, 6) is -0.990. The van der Waals surface area contributed by atoms with Gasteiger partial charge in [0, 0.05) is 24.5 Å². The van der Waals surface area contributed by atoms with Crippen LogP contribution in [0.15, 0.2) is 18.2 Å². The number of nitrogens with zero attached hydrogens (tertiary/aromatic N) is 1. The Morgan fingerprint density at radius 3 is 2.72 bits per heavy atom. The maximum atomic E-state index is 10.8. The fourth-order valence-electron chi connectivity index (χ4n) is 2.23. The van der Waals surface area contributed by atoms with Crippen LogP contribution >= 0.6 is 0 Å². The Labute approximate surface area is 107 Å². The van der Waals surface area contributed by atoms with Crippen LogP contribution < -0.4 is 11.1 Å². The Morgan fingerprint density at radius 2 is 2.11 bits per heavy atom. The van der Waals surface area contributed by atoms with Gasteiger partial charge in [0.05, 0.1) is 5.56 Å². The zero-order valence-electron chi connectivity index (χ0n) is 10.4. The molecule has 4 N–H and O–H groups in total. The number of carboxylic acids is 1. The third-order valence-electron chi connectivity index (χ3n) is 3.24. The zero-order chi connectivity index (χ0) is 13.0. The van der Waals surface area contributed by atoms with Crippen LogP contribution in [0.1, 0.15) is 23.2 Å². The monoisotopic (exact) mass is 249 g/mol. The van der Waals surface area contributed by atoms with E-state index in [1.54, 1.807) is 12.1 Å². The smallest absolute Gasteiger partial charge is 0.337 e. The van der Waals surface area contributed by atoms with Crippen molar-refractivity contribution in [2.75, 3.05) is 37.2 Å². The minimum atomic E-state index is -0.990. The first kappa shape index (κ1) is 12.7. The van der Waals surface area contributed by atoms with Crippen LogP contribution in [0, 0.1) is 0 Å². The molecule has 0 aromatic heterocycles. The van der Waals surface area contributed by atoms with Crippen molar-refractivity contribution in [2.24, 2.45) is 0 Å². The second kappa shape index (κ2) is 5.73. The molecule has 0 amide bonds. The van der Waals surface area contributed by atoms with Gasteiger partial charge < -0.3 is 21.1 Å². The molecule has 0 bridgehead atoms. The molecule has 0 aliphatic carbocycles. The van der Waals surface area contributed by atoms with Gasteiger partial charge in [-0.2, -0.15) is 0 Å². The number of hydrogen-bond acceptors (Lipinski definition) is 4. The average molecular weight is 249 g/mol. The molecular formula is C13H19N3O2. The highest BCUT2D eigenvalue weighted by Gasteiger charge is 2.11. The molecule has 1 aliphatic rings. The van der Waals surface area contributed by atoms with Crippen molar-refractivity contribution >= 4 is 17.3 Å². The summed E-state index contributed by atoms with van der Waals surface area (Å²) in [4.78, 5) is 13.2. The van der Waals surface area contributed by atoms with Crippen molar-refractivity contribution in [2.45, 2.75) is 12.8 Å². The van der Waals surface area contributed by atoms with E-state index in [1.165, 1.54) is 32.0 Å². The summed E-state index contributed by atoms with van der Waals surface area (Å²) in [6, 6.07) is 4.97. The lowest BCUT2D eigenvalue weighted by Gasteiger charge is -2.15. The van der Waals surface area contributed by atoms with Crippen molar-refractivity contribution in [3.63, 3.8) is 0 Å². The zero-order valence-corrected chi connectivity index (χ0v) is 10.4. The van der Waals surface area contributed by atoms with Crippen LogP contribution in [0.5, 0.6) is 0 Å². The lowest BCUT2D eigenvalue weighted by atomic mass is 10.1. The Morgan fingerprint density at radius 1 is 1.39 bits per heavy atom. The Balaban J connectivity index is 1.85. The van der Waals surface area contributed by atoms with Gasteiger partial charge in [-0.05, 0) is 44.1 Å². The molecular weight excluding hydrogens is 230 g/mol. The number of rotatable bonds is 5. The fraction of sp³-hybridized carbons (Fsp3) is 0.462. The molecule has 2 rings (SSSR count). The third kappa shape index (κ3) is 3.13. The summed E-state index contributed by atoms with van der Waals surface area (Å²) in [5, 5.41) is 12.1. The highest BCUT2D eigenvalue weighted by atomic mass is 16.4. The van der Waals surface area contributed by atoms with Gasteiger partial charge in [-0.15, -0.1) is 0 Å². The van der Waals surface area contributed by atoms with Crippen molar-refractivity contribution in [3.8, 4) is 0 Å².